The molecule has 12 fully saturated rings. The minimum absolute atomic E-state index is 0.0321. The van der Waals surface area contributed by atoms with Crippen LogP contribution in [0.25, 0.3) is 0 Å². The summed E-state index contributed by atoms with van der Waals surface area (Å²) in [6, 6.07) is 4.19. The summed E-state index contributed by atoms with van der Waals surface area (Å²) in [7, 11) is 0. The lowest BCUT2D eigenvalue weighted by Gasteiger charge is -2.56. The normalized spacial score (nSPS) is 31.8. The second-order valence-corrected chi connectivity index (χ2v) is 25.4. The molecule has 6 N–H and O–H groups in total. The molecule has 0 saturated heterocycles. The maximum absolute atomic E-state index is 12.9. The Morgan fingerprint density at radius 3 is 1.10 bits per heavy atom. The third-order valence-electron chi connectivity index (χ3n) is 18.2. The van der Waals surface area contributed by atoms with Gasteiger partial charge >= 0.3 is 17.1 Å². The first-order chi connectivity index (χ1) is 38.1. The summed E-state index contributed by atoms with van der Waals surface area (Å²) in [5.41, 5.74) is -2.10. The average Bonchev–Trinajstić information content (AvgIpc) is 3.40. The van der Waals surface area contributed by atoms with E-state index in [9.17, 15) is 37.5 Å². The fraction of sp³-hybridized carbons (Fsp3) is 0.737. The van der Waals surface area contributed by atoms with Crippen LogP contribution in [0.1, 0.15) is 150 Å². The van der Waals surface area contributed by atoms with Crippen molar-refractivity contribution >= 4 is 17.7 Å². The van der Waals surface area contributed by atoms with E-state index in [0.717, 1.165) is 99.7 Å². The largest absolute Gasteiger partial charge is 0.479 e. The zero-order valence-corrected chi connectivity index (χ0v) is 46.5. The van der Waals surface area contributed by atoms with E-state index in [0.29, 0.717) is 43.0 Å². The zero-order chi connectivity index (χ0) is 56.4. The Balaban J connectivity index is 0.000000135. The number of carbonyl (C=O) groups excluding carboxylic acids is 3. The van der Waals surface area contributed by atoms with Crippen LogP contribution in [0.4, 0.5) is 8.78 Å². The number of alkyl halides is 2. The first-order valence-electron chi connectivity index (χ1n) is 29.1. The molecule has 80 heavy (non-hydrogen) atoms. The van der Waals surface area contributed by atoms with Crippen molar-refractivity contribution < 1.29 is 51.6 Å². The van der Waals surface area contributed by atoms with Gasteiger partial charge in [-0.25, -0.2) is 23.2 Å². The fourth-order valence-corrected chi connectivity index (χ4v) is 16.5. The maximum Gasteiger partial charge on any atom is 0.351 e. The lowest BCUT2D eigenvalue weighted by Crippen LogP contribution is -2.60. The first kappa shape index (κ1) is 57.0. The number of aromatic amines is 3. The molecule has 1 unspecified atom stereocenters. The van der Waals surface area contributed by atoms with Gasteiger partial charge in [0.1, 0.15) is 0 Å². The van der Waals surface area contributed by atoms with Crippen LogP contribution >= 0.6 is 0 Å². The number of carbonyl (C=O) groups is 3. The van der Waals surface area contributed by atoms with E-state index in [1.165, 1.54) is 76.0 Å². The molecule has 1 atom stereocenters. The van der Waals surface area contributed by atoms with Crippen LogP contribution in [0.5, 0.6) is 35.3 Å². The van der Waals surface area contributed by atoms with E-state index in [1.54, 1.807) is 0 Å². The van der Waals surface area contributed by atoms with Gasteiger partial charge < -0.3 is 44.4 Å². The molecule has 15 rings (SSSR count). The Labute approximate surface area is 463 Å². The van der Waals surface area contributed by atoms with Crippen molar-refractivity contribution in [2.24, 2.45) is 53.3 Å². The molecular weight excluding hydrogens is 1040 g/mol. The molecule has 438 valence electrons. The maximum atomic E-state index is 12.9. The zero-order valence-electron chi connectivity index (χ0n) is 46.5. The summed E-state index contributed by atoms with van der Waals surface area (Å²) in [6.07, 6.45) is 22.3. The summed E-state index contributed by atoms with van der Waals surface area (Å²) >= 11 is 0. The van der Waals surface area contributed by atoms with E-state index >= 15 is 0 Å². The van der Waals surface area contributed by atoms with Crippen LogP contribution in [-0.4, -0.2) is 109 Å². The molecule has 0 radical (unpaired) electrons. The molecule has 23 heteroatoms. The molecule has 12 aliphatic rings. The van der Waals surface area contributed by atoms with Gasteiger partial charge in [0.2, 0.25) is 29.4 Å². The van der Waals surface area contributed by atoms with Crippen molar-refractivity contribution in [1.29, 1.82) is 0 Å². The Morgan fingerprint density at radius 2 is 0.812 bits per heavy atom. The Hall–Kier alpha value is -6.29. The van der Waals surface area contributed by atoms with Crippen LogP contribution in [0, 0.1) is 53.3 Å². The van der Waals surface area contributed by atoms with Crippen LogP contribution in [0.15, 0.2) is 32.6 Å². The van der Waals surface area contributed by atoms with Gasteiger partial charge in [0.15, 0.2) is 32.3 Å². The Morgan fingerprint density at radius 1 is 0.525 bits per heavy atom. The molecule has 3 aromatic heterocycles. The Kier molecular flexibility index (Phi) is 16.8. The van der Waals surface area contributed by atoms with Crippen molar-refractivity contribution in [3.8, 4) is 35.3 Å². The number of nitrogens with zero attached hydrogens (tertiary/aromatic N) is 3. The Bertz CT molecular complexity index is 2780. The van der Waals surface area contributed by atoms with Crippen molar-refractivity contribution in [2.75, 3.05) is 33.0 Å². The number of amides is 3. The van der Waals surface area contributed by atoms with Crippen molar-refractivity contribution in [2.45, 2.75) is 178 Å². The van der Waals surface area contributed by atoms with Crippen LogP contribution in [0.3, 0.4) is 0 Å². The minimum atomic E-state index is -3.04. The lowest BCUT2D eigenvalue weighted by atomic mass is 9.53. The van der Waals surface area contributed by atoms with E-state index in [1.807, 2.05) is 20.8 Å². The number of hydrogen-bond acceptors (Lipinski definition) is 15. The standard InChI is InChI=1S/C20H29N3O4.C19H25F2N3O4.C18H25N3O4/c1-3-12(2)27-18-7-17(21-19(25)22-18)26-11-16(24)23-20-8-13-4-14(9-20)6-15(5-13)10-20;1-18(20,21)10-28-16-5-15(22-17(26)23-16)27-9-14(25)24-19-6-11-2-12(7-19)4-13(3-11)8-19;1-2-24-15-6-16(20-17(23)19-15)25-10-14(22)21-18-7-11-3-12(8-18)5-13(4-11)9-18/h7,12-15H,3-6,8-11H2,1-2H3,(H,23,24)(H,21,22,25);5,11-13H,2-4,6-10H2,1H3,(H,24,25)(H,22,23,26);6,11-13H,2-5,7-10H2,1H3,(H,21,22)(H,19,20,23). The van der Waals surface area contributed by atoms with Crippen molar-refractivity contribution in [3.05, 3.63) is 49.7 Å². The van der Waals surface area contributed by atoms with E-state index in [4.69, 9.17) is 28.4 Å². The first-order valence-corrected chi connectivity index (χ1v) is 29.1. The van der Waals surface area contributed by atoms with Gasteiger partial charge in [0, 0.05) is 23.5 Å². The number of ether oxygens (including phenoxy) is 6. The van der Waals surface area contributed by atoms with Crippen molar-refractivity contribution in [3.63, 3.8) is 0 Å². The number of halogens is 2. The molecule has 3 aromatic rings. The number of nitrogens with one attached hydrogen (secondary N) is 6. The van der Waals surface area contributed by atoms with Gasteiger partial charge in [-0.3, -0.25) is 29.3 Å². The highest BCUT2D eigenvalue weighted by atomic mass is 19.3. The average molecular weight is 1120 g/mol. The number of H-pyrrole nitrogens is 3. The van der Waals surface area contributed by atoms with Gasteiger partial charge in [0.25, 0.3) is 23.6 Å². The molecule has 0 spiro atoms. The minimum Gasteiger partial charge on any atom is -0.479 e. The molecule has 12 bridgehead atoms. The van der Waals surface area contributed by atoms with E-state index < -0.39 is 29.6 Å². The third kappa shape index (κ3) is 14.8. The van der Waals surface area contributed by atoms with Crippen LogP contribution < -0.4 is 61.4 Å². The van der Waals surface area contributed by atoms with Gasteiger partial charge in [-0.15, -0.1) is 0 Å². The number of rotatable bonds is 20. The van der Waals surface area contributed by atoms with Gasteiger partial charge in [-0.2, -0.15) is 15.0 Å². The molecule has 12 saturated carbocycles. The smallest absolute Gasteiger partial charge is 0.351 e. The van der Waals surface area contributed by atoms with E-state index in [2.05, 4.69) is 45.9 Å². The highest BCUT2D eigenvalue weighted by molar-refractivity contribution is 5.79. The van der Waals surface area contributed by atoms with Crippen molar-refractivity contribution in [1.82, 2.24) is 45.9 Å². The monoisotopic (exact) mass is 1120 g/mol. The molecule has 12 aliphatic carbocycles. The lowest BCUT2D eigenvalue weighted by molar-refractivity contribution is -0.129. The predicted octanol–water partition coefficient (Wildman–Crippen LogP) is 6.31. The quantitative estimate of drug-likeness (QED) is 0.0723. The molecule has 0 aromatic carbocycles. The second-order valence-electron chi connectivity index (χ2n) is 25.4. The summed E-state index contributed by atoms with van der Waals surface area (Å²) in [4.78, 5) is 90.4. The topological polar surface area (TPSA) is 280 Å². The number of aromatic nitrogens is 6. The SMILES string of the molecule is CC(F)(F)COc1cc(OCC(=O)NC23CC4CC(CC(C4)C2)C3)nc(=O)[nH]1.CCC(C)Oc1cc(OCC(=O)NC23CC4CC(CC(C4)C2)C3)nc(=O)[nH]1.CCOc1cc(OCC(=O)NC23CC4CC(CC(C4)C2)C3)nc(=O)[nH]1. The van der Waals surface area contributed by atoms with E-state index in [-0.39, 0.29) is 83.8 Å². The van der Waals surface area contributed by atoms with Crippen LogP contribution in [-0.2, 0) is 14.4 Å². The summed E-state index contributed by atoms with van der Waals surface area (Å²) in [5, 5.41) is 9.66. The second kappa shape index (κ2) is 23.7. The molecular formula is C57H79F2N9O12. The highest BCUT2D eigenvalue weighted by Gasteiger charge is 2.54. The summed E-state index contributed by atoms with van der Waals surface area (Å²) < 4.78 is 57.8. The highest BCUT2D eigenvalue weighted by Crippen LogP contribution is 2.58. The summed E-state index contributed by atoms with van der Waals surface area (Å²) in [6.45, 7) is 5.40. The molecule has 3 heterocycles. The van der Waals surface area contributed by atoms with Gasteiger partial charge in [0.05, 0.1) is 30.9 Å². The molecule has 0 aliphatic heterocycles. The third-order valence-corrected chi connectivity index (χ3v) is 18.2. The predicted molar refractivity (Wildman–Crippen MR) is 286 cm³/mol. The fourth-order valence-electron chi connectivity index (χ4n) is 16.5. The summed E-state index contributed by atoms with van der Waals surface area (Å²) in [5.74, 6) is 3.67. The van der Waals surface area contributed by atoms with Gasteiger partial charge in [-0.05, 0) is 189 Å². The van der Waals surface area contributed by atoms with Crippen LogP contribution in [0.2, 0.25) is 0 Å². The molecule has 21 nitrogen and oxygen atoms in total. The van der Waals surface area contributed by atoms with Gasteiger partial charge in [-0.1, -0.05) is 6.92 Å². The number of hydrogen-bond donors (Lipinski definition) is 6. The molecule has 3 amide bonds.